The summed E-state index contributed by atoms with van der Waals surface area (Å²) >= 11 is 9.20. The van der Waals surface area contributed by atoms with Gasteiger partial charge in [-0.25, -0.2) is 0 Å². The topological polar surface area (TPSA) is 41.1 Å². The molecule has 104 valence electrons. The lowest BCUT2D eigenvalue weighted by Crippen LogP contribution is -2.29. The normalized spacial score (nSPS) is 14.3. The molecule has 3 nitrogen and oxygen atoms in total. The summed E-state index contributed by atoms with van der Waals surface area (Å²) in [6.07, 6.45) is 3.12. The summed E-state index contributed by atoms with van der Waals surface area (Å²) in [5.74, 6) is -0.0770. The molecule has 1 aromatic rings. The zero-order valence-electron chi connectivity index (χ0n) is 10.2. The van der Waals surface area contributed by atoms with E-state index in [1.54, 1.807) is 18.2 Å². The molecular weight excluding hydrogens is 351 g/mol. The Bertz CT molecular complexity index is 492. The molecule has 0 fully saturated rings. The van der Waals surface area contributed by atoms with Crippen molar-refractivity contribution in [3.05, 3.63) is 44.9 Å². The Kier molecular flexibility index (Phi) is 6.86. The molecule has 0 bridgehead atoms. The first-order chi connectivity index (χ1) is 8.66. The van der Waals surface area contributed by atoms with Crippen LogP contribution in [0, 0.1) is 0 Å². The maximum atomic E-state index is 11.9. The Morgan fingerprint density at radius 2 is 2.26 bits per heavy atom. The van der Waals surface area contributed by atoms with Crippen molar-refractivity contribution < 1.29 is 4.79 Å². The van der Waals surface area contributed by atoms with Gasteiger partial charge in [-0.3, -0.25) is 4.79 Å². The van der Waals surface area contributed by atoms with Crippen LogP contribution in [-0.4, -0.2) is 25.5 Å². The van der Waals surface area contributed by atoms with Crippen LogP contribution in [0.4, 0.5) is 0 Å². The lowest BCUT2D eigenvalue weighted by molar-refractivity contribution is 0.0956. The van der Waals surface area contributed by atoms with Crippen LogP contribution in [0.3, 0.4) is 0 Å². The second kappa shape index (κ2) is 7.90. The zero-order valence-corrected chi connectivity index (χ0v) is 13.4. The Morgan fingerprint density at radius 3 is 2.89 bits per heavy atom. The van der Waals surface area contributed by atoms with E-state index in [-0.39, 0.29) is 18.3 Å². The molecule has 0 unspecified atom stereocenters. The number of halogens is 3. The van der Waals surface area contributed by atoms with E-state index in [9.17, 15) is 4.79 Å². The minimum absolute atomic E-state index is 0. The molecule has 1 aromatic carbocycles. The summed E-state index contributed by atoms with van der Waals surface area (Å²) in [7, 11) is 0. The number of benzene rings is 1. The molecule has 0 aromatic heterocycles. The molecule has 1 amide bonds. The van der Waals surface area contributed by atoms with Gasteiger partial charge < -0.3 is 10.6 Å². The van der Waals surface area contributed by atoms with Crippen molar-refractivity contribution in [3.63, 3.8) is 0 Å². The number of carbonyl (C=O) groups is 1. The predicted molar refractivity (Wildman–Crippen MR) is 84.3 cm³/mol. The Labute approximate surface area is 132 Å². The molecule has 0 atom stereocenters. The van der Waals surface area contributed by atoms with Gasteiger partial charge in [0.15, 0.2) is 0 Å². The van der Waals surface area contributed by atoms with Gasteiger partial charge in [-0.05, 0) is 47.1 Å². The fourth-order valence-electron chi connectivity index (χ4n) is 1.76. The fourth-order valence-corrected chi connectivity index (χ4v) is 2.26. The van der Waals surface area contributed by atoms with Gasteiger partial charge in [0.2, 0.25) is 0 Å². The minimum atomic E-state index is -0.0770. The number of carbonyl (C=O) groups excluding carboxylic acids is 1. The van der Waals surface area contributed by atoms with Crippen molar-refractivity contribution in [2.24, 2.45) is 0 Å². The van der Waals surface area contributed by atoms with E-state index in [2.05, 4.69) is 32.6 Å². The quantitative estimate of drug-likeness (QED) is 0.807. The summed E-state index contributed by atoms with van der Waals surface area (Å²) in [5.41, 5.74) is 1.89. The molecule has 1 heterocycles. The van der Waals surface area contributed by atoms with Crippen molar-refractivity contribution >= 4 is 45.8 Å². The molecule has 19 heavy (non-hydrogen) atoms. The Hall–Kier alpha value is -0.550. The first-order valence-electron chi connectivity index (χ1n) is 5.78. The highest BCUT2D eigenvalue weighted by atomic mass is 79.9. The molecule has 0 radical (unpaired) electrons. The van der Waals surface area contributed by atoms with Crippen LogP contribution in [0.1, 0.15) is 16.8 Å². The summed E-state index contributed by atoms with van der Waals surface area (Å²) in [4.78, 5) is 11.9. The van der Waals surface area contributed by atoms with E-state index in [0.29, 0.717) is 17.1 Å². The Morgan fingerprint density at radius 1 is 1.47 bits per heavy atom. The van der Waals surface area contributed by atoms with E-state index in [1.807, 2.05) is 0 Å². The monoisotopic (exact) mass is 364 g/mol. The largest absolute Gasteiger partial charge is 0.348 e. The lowest BCUT2D eigenvalue weighted by atomic mass is 10.1. The predicted octanol–water partition coefficient (Wildman–Crippen LogP) is 3.17. The first-order valence-corrected chi connectivity index (χ1v) is 6.96. The SMILES string of the molecule is Cl.O=C(NCC1=CCNCC1)c1ccc(Cl)c(Br)c1. The van der Waals surface area contributed by atoms with Crippen LogP contribution >= 0.6 is 39.9 Å². The van der Waals surface area contributed by atoms with Gasteiger partial charge in [-0.2, -0.15) is 0 Å². The lowest BCUT2D eigenvalue weighted by Gasteiger charge is -2.14. The van der Waals surface area contributed by atoms with Gasteiger partial charge >= 0.3 is 0 Å². The summed E-state index contributed by atoms with van der Waals surface area (Å²) in [6, 6.07) is 5.16. The molecule has 0 saturated heterocycles. The fraction of sp³-hybridized carbons (Fsp3) is 0.308. The maximum Gasteiger partial charge on any atom is 0.251 e. The van der Waals surface area contributed by atoms with Gasteiger partial charge in [0.05, 0.1) is 5.02 Å². The number of amides is 1. The van der Waals surface area contributed by atoms with Crippen LogP contribution in [0.15, 0.2) is 34.3 Å². The highest BCUT2D eigenvalue weighted by Crippen LogP contribution is 2.23. The van der Waals surface area contributed by atoms with Crippen molar-refractivity contribution in [1.82, 2.24) is 10.6 Å². The minimum Gasteiger partial charge on any atom is -0.348 e. The molecular formula is C13H15BrCl2N2O. The van der Waals surface area contributed by atoms with Crippen LogP contribution < -0.4 is 10.6 Å². The number of nitrogens with one attached hydrogen (secondary N) is 2. The first kappa shape index (κ1) is 16.5. The van der Waals surface area contributed by atoms with Crippen LogP contribution in [-0.2, 0) is 0 Å². The van der Waals surface area contributed by atoms with E-state index >= 15 is 0 Å². The van der Waals surface area contributed by atoms with Crippen LogP contribution in [0.2, 0.25) is 5.02 Å². The Balaban J connectivity index is 0.00000180. The second-order valence-electron chi connectivity index (χ2n) is 4.13. The van der Waals surface area contributed by atoms with Gasteiger partial charge in [-0.1, -0.05) is 23.3 Å². The van der Waals surface area contributed by atoms with Crippen molar-refractivity contribution in [2.75, 3.05) is 19.6 Å². The summed E-state index contributed by atoms with van der Waals surface area (Å²) < 4.78 is 0.734. The molecule has 0 saturated carbocycles. The highest BCUT2D eigenvalue weighted by Gasteiger charge is 2.09. The molecule has 2 rings (SSSR count). The van der Waals surface area contributed by atoms with Crippen molar-refractivity contribution in [2.45, 2.75) is 6.42 Å². The summed E-state index contributed by atoms with van der Waals surface area (Å²) in [6.45, 7) is 2.48. The van der Waals surface area contributed by atoms with Gasteiger partial charge in [0, 0.05) is 23.1 Å². The van der Waals surface area contributed by atoms with Crippen LogP contribution in [0.25, 0.3) is 0 Å². The number of hydrogen-bond acceptors (Lipinski definition) is 2. The van der Waals surface area contributed by atoms with Gasteiger partial charge in [0.25, 0.3) is 5.91 Å². The third kappa shape index (κ3) is 4.80. The molecule has 2 N–H and O–H groups in total. The molecule has 6 heteroatoms. The molecule has 0 aliphatic carbocycles. The third-order valence-corrected chi connectivity index (χ3v) is 4.03. The average Bonchev–Trinajstić information content (AvgIpc) is 2.40. The summed E-state index contributed by atoms with van der Waals surface area (Å²) in [5, 5.41) is 6.76. The third-order valence-electron chi connectivity index (χ3n) is 2.82. The number of rotatable bonds is 3. The van der Waals surface area contributed by atoms with Gasteiger partial charge in [0.1, 0.15) is 0 Å². The molecule has 1 aliphatic rings. The van der Waals surface area contributed by atoms with E-state index in [0.717, 1.165) is 24.0 Å². The number of hydrogen-bond donors (Lipinski definition) is 2. The van der Waals surface area contributed by atoms with Gasteiger partial charge in [-0.15, -0.1) is 12.4 Å². The van der Waals surface area contributed by atoms with Crippen LogP contribution in [0.5, 0.6) is 0 Å². The van der Waals surface area contributed by atoms with Crippen molar-refractivity contribution in [1.29, 1.82) is 0 Å². The average molecular weight is 366 g/mol. The highest BCUT2D eigenvalue weighted by molar-refractivity contribution is 9.10. The maximum absolute atomic E-state index is 11.9. The standard InChI is InChI=1S/C13H14BrClN2O.ClH/c14-11-7-10(1-2-12(11)15)13(18)17-8-9-3-5-16-6-4-9;/h1-3,7,16H,4-6,8H2,(H,17,18);1H. The smallest absolute Gasteiger partial charge is 0.251 e. The van der Waals surface area contributed by atoms with E-state index in [4.69, 9.17) is 11.6 Å². The van der Waals surface area contributed by atoms with E-state index < -0.39 is 0 Å². The second-order valence-corrected chi connectivity index (χ2v) is 5.39. The van der Waals surface area contributed by atoms with E-state index in [1.165, 1.54) is 5.57 Å². The zero-order chi connectivity index (χ0) is 13.0. The molecule has 1 aliphatic heterocycles. The molecule has 0 spiro atoms. The van der Waals surface area contributed by atoms with Crippen molar-refractivity contribution in [3.8, 4) is 0 Å².